The number of ether oxygens (including phenoxy) is 1. The van der Waals surface area contributed by atoms with Crippen LogP contribution in [0.1, 0.15) is 30.6 Å². The number of carbonyl (C=O) groups excluding carboxylic acids is 1. The molecule has 0 saturated carbocycles. The molecule has 1 aromatic rings. The molecule has 1 aromatic carbocycles. The van der Waals surface area contributed by atoms with Crippen molar-refractivity contribution >= 4 is 22.2 Å². The van der Waals surface area contributed by atoms with Crippen LogP contribution < -0.4 is 4.74 Å². The van der Waals surface area contributed by atoms with Crippen molar-refractivity contribution in [2.75, 3.05) is 26.2 Å². The van der Waals surface area contributed by atoms with Crippen LogP contribution in [-0.2, 0) is 0 Å². The summed E-state index contributed by atoms with van der Waals surface area (Å²) in [5, 5.41) is 0. The van der Waals surface area contributed by atoms with Crippen LogP contribution in [0.5, 0.6) is 5.75 Å². The number of aldehydes is 1. The van der Waals surface area contributed by atoms with Gasteiger partial charge in [-0.3, -0.25) is 9.69 Å². The van der Waals surface area contributed by atoms with E-state index in [2.05, 4.69) is 34.7 Å². The third-order valence-electron chi connectivity index (χ3n) is 3.71. The Labute approximate surface area is 129 Å². The van der Waals surface area contributed by atoms with Crippen LogP contribution in [0, 0.1) is 11.8 Å². The Balaban J connectivity index is 1.85. The lowest BCUT2D eigenvalue weighted by atomic mass is 9.92. The highest BCUT2D eigenvalue weighted by Crippen LogP contribution is 2.23. The van der Waals surface area contributed by atoms with E-state index in [1.54, 1.807) is 6.07 Å². The van der Waals surface area contributed by atoms with E-state index in [1.807, 2.05) is 12.1 Å². The van der Waals surface area contributed by atoms with Gasteiger partial charge >= 0.3 is 0 Å². The number of benzene rings is 1. The summed E-state index contributed by atoms with van der Waals surface area (Å²) in [6, 6.07) is 5.52. The molecule has 1 heterocycles. The van der Waals surface area contributed by atoms with Crippen LogP contribution in [0.3, 0.4) is 0 Å². The minimum atomic E-state index is 0.597. The molecule has 3 nitrogen and oxygen atoms in total. The maximum atomic E-state index is 11.0. The lowest BCUT2D eigenvalue weighted by Crippen LogP contribution is -2.40. The fourth-order valence-electron chi connectivity index (χ4n) is 3.00. The van der Waals surface area contributed by atoms with Crippen LogP contribution in [0.2, 0.25) is 0 Å². The lowest BCUT2D eigenvalue weighted by molar-refractivity contribution is 0.111. The number of halogens is 1. The third-order valence-corrected chi connectivity index (χ3v) is 4.20. The fourth-order valence-corrected chi connectivity index (χ4v) is 3.38. The molecular formula is C16H22BrNO2. The molecule has 110 valence electrons. The topological polar surface area (TPSA) is 29.5 Å². The van der Waals surface area contributed by atoms with E-state index in [0.29, 0.717) is 17.9 Å². The number of nitrogens with zero attached hydrogens (tertiary/aromatic N) is 1. The van der Waals surface area contributed by atoms with Crippen LogP contribution in [-0.4, -0.2) is 37.4 Å². The van der Waals surface area contributed by atoms with E-state index in [4.69, 9.17) is 4.74 Å². The van der Waals surface area contributed by atoms with E-state index in [1.165, 1.54) is 6.42 Å². The Morgan fingerprint density at radius 3 is 2.70 bits per heavy atom. The summed E-state index contributed by atoms with van der Waals surface area (Å²) >= 11 is 3.36. The number of carbonyl (C=O) groups is 1. The molecule has 0 bridgehead atoms. The number of hydrogen-bond donors (Lipinski definition) is 0. The Kier molecular flexibility index (Phi) is 5.61. The van der Waals surface area contributed by atoms with Crippen molar-refractivity contribution < 1.29 is 9.53 Å². The third kappa shape index (κ3) is 4.32. The number of rotatable bonds is 5. The molecule has 2 unspecified atom stereocenters. The normalized spacial score (nSPS) is 23.6. The molecule has 1 saturated heterocycles. The molecule has 1 aliphatic heterocycles. The zero-order valence-corrected chi connectivity index (χ0v) is 13.7. The standard InChI is InChI=1S/C16H22BrNO2/c1-12-7-13(2)10-18(9-12)5-6-20-16-4-3-15(17)8-14(16)11-19/h3-4,8,11-13H,5-7,9-10H2,1-2H3. The van der Waals surface area contributed by atoms with Crippen LogP contribution in [0.4, 0.5) is 0 Å². The second-order valence-corrected chi connectivity index (χ2v) is 6.77. The highest BCUT2D eigenvalue weighted by atomic mass is 79.9. The highest BCUT2D eigenvalue weighted by molar-refractivity contribution is 9.10. The van der Waals surface area contributed by atoms with Crippen molar-refractivity contribution in [1.82, 2.24) is 4.90 Å². The zero-order chi connectivity index (χ0) is 14.5. The molecule has 4 heteroatoms. The van der Waals surface area contributed by atoms with Gasteiger partial charge in [-0.25, -0.2) is 0 Å². The molecule has 2 rings (SSSR count). The number of piperidine rings is 1. The van der Waals surface area contributed by atoms with E-state index < -0.39 is 0 Å². The first-order valence-corrected chi connectivity index (χ1v) is 7.97. The predicted octanol–water partition coefficient (Wildman–Crippen LogP) is 3.62. The molecule has 20 heavy (non-hydrogen) atoms. The van der Waals surface area contributed by atoms with Crippen molar-refractivity contribution in [3.05, 3.63) is 28.2 Å². The number of likely N-dealkylation sites (tertiary alicyclic amines) is 1. The van der Waals surface area contributed by atoms with Gasteiger partial charge in [-0.2, -0.15) is 0 Å². The van der Waals surface area contributed by atoms with Gasteiger partial charge in [-0.1, -0.05) is 29.8 Å². The first-order valence-electron chi connectivity index (χ1n) is 7.18. The quantitative estimate of drug-likeness (QED) is 0.767. The molecule has 2 atom stereocenters. The van der Waals surface area contributed by atoms with Crippen molar-refractivity contribution in [2.45, 2.75) is 20.3 Å². The van der Waals surface area contributed by atoms with E-state index in [0.717, 1.165) is 42.2 Å². The highest BCUT2D eigenvalue weighted by Gasteiger charge is 2.21. The summed E-state index contributed by atoms with van der Waals surface area (Å²) in [4.78, 5) is 13.5. The van der Waals surface area contributed by atoms with E-state index >= 15 is 0 Å². The second-order valence-electron chi connectivity index (χ2n) is 5.85. The van der Waals surface area contributed by atoms with Crippen LogP contribution in [0.25, 0.3) is 0 Å². The summed E-state index contributed by atoms with van der Waals surface area (Å²) in [5.74, 6) is 2.19. The van der Waals surface area contributed by atoms with Crippen molar-refractivity contribution in [3.63, 3.8) is 0 Å². The van der Waals surface area contributed by atoms with Gasteiger partial charge in [-0.15, -0.1) is 0 Å². The largest absolute Gasteiger partial charge is 0.492 e. The van der Waals surface area contributed by atoms with Crippen molar-refractivity contribution in [1.29, 1.82) is 0 Å². The van der Waals surface area contributed by atoms with Gasteiger partial charge in [0, 0.05) is 24.1 Å². The first kappa shape index (κ1) is 15.5. The molecule has 0 amide bonds. The summed E-state index contributed by atoms with van der Waals surface area (Å²) in [6.07, 6.45) is 2.16. The van der Waals surface area contributed by atoms with Crippen LogP contribution >= 0.6 is 15.9 Å². The summed E-state index contributed by atoms with van der Waals surface area (Å²) in [7, 11) is 0. The summed E-state index contributed by atoms with van der Waals surface area (Å²) < 4.78 is 6.66. The van der Waals surface area contributed by atoms with E-state index in [9.17, 15) is 4.79 Å². The minimum Gasteiger partial charge on any atom is -0.492 e. The Bertz CT molecular complexity index is 454. The Morgan fingerprint density at radius 1 is 1.35 bits per heavy atom. The monoisotopic (exact) mass is 339 g/mol. The SMILES string of the molecule is CC1CC(C)CN(CCOc2ccc(Br)cc2C=O)C1. The Morgan fingerprint density at radius 2 is 2.05 bits per heavy atom. The lowest BCUT2D eigenvalue weighted by Gasteiger charge is -2.34. The molecule has 1 fully saturated rings. The molecule has 0 radical (unpaired) electrons. The molecule has 1 aliphatic rings. The molecule has 0 spiro atoms. The fraction of sp³-hybridized carbons (Fsp3) is 0.562. The van der Waals surface area contributed by atoms with Gasteiger partial charge in [0.1, 0.15) is 12.4 Å². The second kappa shape index (κ2) is 7.23. The van der Waals surface area contributed by atoms with Gasteiger partial charge in [0.15, 0.2) is 6.29 Å². The molecule has 0 N–H and O–H groups in total. The van der Waals surface area contributed by atoms with Gasteiger partial charge < -0.3 is 4.74 Å². The van der Waals surface area contributed by atoms with Gasteiger partial charge in [-0.05, 0) is 36.5 Å². The Hall–Kier alpha value is -0.870. The van der Waals surface area contributed by atoms with Crippen molar-refractivity contribution in [2.24, 2.45) is 11.8 Å². The maximum absolute atomic E-state index is 11.0. The molecule has 0 aliphatic carbocycles. The number of hydrogen-bond acceptors (Lipinski definition) is 3. The van der Waals surface area contributed by atoms with Crippen LogP contribution in [0.15, 0.2) is 22.7 Å². The van der Waals surface area contributed by atoms with E-state index in [-0.39, 0.29) is 0 Å². The predicted molar refractivity (Wildman–Crippen MR) is 84.4 cm³/mol. The average molecular weight is 340 g/mol. The first-order chi connectivity index (χ1) is 9.58. The zero-order valence-electron chi connectivity index (χ0n) is 12.1. The average Bonchev–Trinajstić information content (AvgIpc) is 2.39. The van der Waals surface area contributed by atoms with Gasteiger partial charge in [0.2, 0.25) is 0 Å². The molecular weight excluding hydrogens is 318 g/mol. The smallest absolute Gasteiger partial charge is 0.153 e. The van der Waals surface area contributed by atoms with Gasteiger partial charge in [0.25, 0.3) is 0 Å². The van der Waals surface area contributed by atoms with Gasteiger partial charge in [0.05, 0.1) is 5.56 Å². The van der Waals surface area contributed by atoms with Crippen molar-refractivity contribution in [3.8, 4) is 5.75 Å². The minimum absolute atomic E-state index is 0.597. The summed E-state index contributed by atoms with van der Waals surface area (Å²) in [6.45, 7) is 8.46. The molecule has 0 aromatic heterocycles. The summed E-state index contributed by atoms with van der Waals surface area (Å²) in [5.41, 5.74) is 0.597. The maximum Gasteiger partial charge on any atom is 0.153 e.